The molecule has 0 unspecified atom stereocenters. The third-order valence-corrected chi connectivity index (χ3v) is 3.88. The number of amides is 2. The fourth-order valence-electron chi connectivity index (χ4n) is 1.56. The van der Waals surface area contributed by atoms with Crippen molar-refractivity contribution in [1.82, 2.24) is 10.6 Å². The summed E-state index contributed by atoms with van der Waals surface area (Å²) in [5, 5.41) is 6.24. The molecule has 5 nitrogen and oxygen atoms in total. The Labute approximate surface area is 107 Å². The molecule has 1 aliphatic rings. The van der Waals surface area contributed by atoms with E-state index >= 15 is 0 Å². The number of carbonyl (C=O) groups excluding carboxylic acids is 1. The summed E-state index contributed by atoms with van der Waals surface area (Å²) in [5.74, 6) is 0.961. The zero-order valence-corrected chi connectivity index (χ0v) is 11.2. The lowest BCUT2D eigenvalue weighted by Crippen LogP contribution is -2.38. The smallest absolute Gasteiger partial charge is 0.314 e. The van der Waals surface area contributed by atoms with Gasteiger partial charge in [0.15, 0.2) is 0 Å². The number of ether oxygens (including phenoxy) is 2. The lowest BCUT2D eigenvalue weighted by Gasteiger charge is -2.21. The van der Waals surface area contributed by atoms with Gasteiger partial charge in [-0.2, -0.15) is 11.8 Å². The zero-order valence-electron chi connectivity index (χ0n) is 10.4. The monoisotopic (exact) mass is 262 g/mol. The van der Waals surface area contributed by atoms with Crippen LogP contribution in [-0.4, -0.2) is 57.1 Å². The van der Waals surface area contributed by atoms with Crippen molar-refractivity contribution >= 4 is 17.8 Å². The van der Waals surface area contributed by atoms with E-state index < -0.39 is 0 Å². The quantitative estimate of drug-likeness (QED) is 0.668. The summed E-state index contributed by atoms with van der Waals surface area (Å²) in [4.78, 5) is 11.3. The van der Waals surface area contributed by atoms with E-state index in [2.05, 4.69) is 10.6 Å². The Morgan fingerprint density at radius 3 is 2.76 bits per heavy atom. The maximum Gasteiger partial charge on any atom is 0.314 e. The molecule has 2 amide bonds. The molecule has 1 fully saturated rings. The average Bonchev–Trinajstić information content (AvgIpc) is 2.36. The van der Waals surface area contributed by atoms with Crippen molar-refractivity contribution in [3.63, 3.8) is 0 Å². The van der Waals surface area contributed by atoms with E-state index in [1.54, 1.807) is 7.11 Å². The molecule has 1 aliphatic heterocycles. The summed E-state index contributed by atoms with van der Waals surface area (Å²) in [6.45, 7) is 3.56. The van der Waals surface area contributed by atoms with Gasteiger partial charge in [-0.25, -0.2) is 4.79 Å². The molecule has 17 heavy (non-hydrogen) atoms. The van der Waals surface area contributed by atoms with E-state index in [1.807, 2.05) is 11.8 Å². The Morgan fingerprint density at radius 1 is 1.35 bits per heavy atom. The van der Waals surface area contributed by atoms with Crippen molar-refractivity contribution < 1.29 is 14.3 Å². The van der Waals surface area contributed by atoms with Crippen LogP contribution in [-0.2, 0) is 9.47 Å². The van der Waals surface area contributed by atoms with E-state index in [1.165, 1.54) is 0 Å². The molecule has 0 aromatic heterocycles. The number of nitrogens with one attached hydrogen (secondary N) is 2. The van der Waals surface area contributed by atoms with Gasteiger partial charge in [-0.3, -0.25) is 0 Å². The average molecular weight is 262 g/mol. The van der Waals surface area contributed by atoms with Gasteiger partial charge in [0.25, 0.3) is 0 Å². The first-order chi connectivity index (χ1) is 8.33. The summed E-state index contributed by atoms with van der Waals surface area (Å²) in [6.07, 6.45) is 2.26. The zero-order chi connectivity index (χ0) is 12.3. The summed E-state index contributed by atoms with van der Waals surface area (Å²) in [6, 6.07) is -0.116. The molecule has 1 heterocycles. The fourth-order valence-corrected chi connectivity index (χ4v) is 2.64. The normalized spacial score (nSPS) is 16.8. The molecule has 1 rings (SSSR count). The summed E-state index contributed by atoms with van der Waals surface area (Å²) < 4.78 is 10.1. The molecule has 1 saturated heterocycles. The molecule has 0 bridgehead atoms. The Hall–Kier alpha value is -0.460. The number of methoxy groups -OCH3 is 1. The van der Waals surface area contributed by atoms with E-state index in [-0.39, 0.29) is 6.03 Å². The van der Waals surface area contributed by atoms with Crippen LogP contribution in [0.3, 0.4) is 0 Å². The molecular weight excluding hydrogens is 240 g/mol. The van der Waals surface area contributed by atoms with Crippen LogP contribution in [0.1, 0.15) is 12.8 Å². The Kier molecular flexibility index (Phi) is 8.21. The molecule has 0 aromatic rings. The third kappa shape index (κ3) is 7.46. The lowest BCUT2D eigenvalue weighted by atomic mass is 10.2. The highest BCUT2D eigenvalue weighted by molar-refractivity contribution is 7.99. The van der Waals surface area contributed by atoms with Gasteiger partial charge in [-0.05, 0) is 12.8 Å². The highest BCUT2D eigenvalue weighted by Gasteiger charge is 2.13. The maximum absolute atomic E-state index is 11.3. The van der Waals surface area contributed by atoms with Crippen LogP contribution in [0.2, 0.25) is 0 Å². The molecule has 0 aromatic carbocycles. The minimum atomic E-state index is -0.116. The largest absolute Gasteiger partial charge is 0.383 e. The predicted molar refractivity (Wildman–Crippen MR) is 69.6 cm³/mol. The van der Waals surface area contributed by atoms with Gasteiger partial charge in [-0.1, -0.05) is 0 Å². The van der Waals surface area contributed by atoms with Crippen LogP contribution in [0.5, 0.6) is 0 Å². The van der Waals surface area contributed by atoms with E-state index in [0.29, 0.717) is 24.9 Å². The van der Waals surface area contributed by atoms with Gasteiger partial charge in [0.2, 0.25) is 0 Å². The van der Waals surface area contributed by atoms with Crippen LogP contribution in [0.15, 0.2) is 0 Å². The van der Waals surface area contributed by atoms with Crippen LogP contribution < -0.4 is 10.6 Å². The molecule has 100 valence electrons. The molecule has 0 radical (unpaired) electrons. The van der Waals surface area contributed by atoms with Crippen LogP contribution in [0, 0.1) is 0 Å². The van der Waals surface area contributed by atoms with Gasteiger partial charge in [0, 0.05) is 44.4 Å². The summed E-state index contributed by atoms with van der Waals surface area (Å²) >= 11 is 1.92. The summed E-state index contributed by atoms with van der Waals surface area (Å²) in [5.41, 5.74) is 0. The third-order valence-electron chi connectivity index (χ3n) is 2.50. The Balaban J connectivity index is 1.90. The van der Waals surface area contributed by atoms with Gasteiger partial charge in [0.1, 0.15) is 0 Å². The first-order valence-electron chi connectivity index (χ1n) is 6.03. The van der Waals surface area contributed by atoms with Gasteiger partial charge in [-0.15, -0.1) is 0 Å². The minimum absolute atomic E-state index is 0.116. The number of rotatable bonds is 7. The minimum Gasteiger partial charge on any atom is -0.383 e. The van der Waals surface area contributed by atoms with Crippen LogP contribution in [0.25, 0.3) is 0 Å². The van der Waals surface area contributed by atoms with E-state index in [9.17, 15) is 4.79 Å². The van der Waals surface area contributed by atoms with Gasteiger partial charge in [0.05, 0.1) is 6.61 Å². The second-order valence-corrected chi connectivity index (χ2v) is 5.27. The van der Waals surface area contributed by atoms with Crippen molar-refractivity contribution in [2.45, 2.75) is 18.1 Å². The second kappa shape index (κ2) is 9.56. The Morgan fingerprint density at radius 2 is 2.06 bits per heavy atom. The van der Waals surface area contributed by atoms with Crippen molar-refractivity contribution in [2.75, 3.05) is 45.8 Å². The number of thioether (sulfide) groups is 1. The second-order valence-electron chi connectivity index (χ2n) is 3.86. The lowest BCUT2D eigenvalue weighted by molar-refractivity contribution is 0.100. The number of urea groups is 1. The van der Waals surface area contributed by atoms with Crippen LogP contribution in [0.4, 0.5) is 4.79 Å². The van der Waals surface area contributed by atoms with Crippen LogP contribution >= 0.6 is 11.8 Å². The molecule has 0 saturated carbocycles. The van der Waals surface area contributed by atoms with E-state index in [4.69, 9.17) is 9.47 Å². The molecule has 2 N–H and O–H groups in total. The highest BCUT2D eigenvalue weighted by atomic mass is 32.2. The highest BCUT2D eigenvalue weighted by Crippen LogP contribution is 2.21. The SMILES string of the molecule is COCCNC(=O)NCCSC1CCOCC1. The fraction of sp³-hybridized carbons (Fsp3) is 0.909. The van der Waals surface area contributed by atoms with E-state index in [0.717, 1.165) is 31.8 Å². The molecule has 0 atom stereocenters. The standard InChI is InChI=1S/C11H22N2O3S/c1-15-8-4-12-11(14)13-5-9-17-10-2-6-16-7-3-10/h10H,2-9H2,1H3,(H2,12,13,14). The van der Waals surface area contributed by atoms with Crippen molar-refractivity contribution in [2.24, 2.45) is 0 Å². The van der Waals surface area contributed by atoms with Gasteiger partial charge >= 0.3 is 6.03 Å². The molecule has 0 aliphatic carbocycles. The summed E-state index contributed by atoms with van der Waals surface area (Å²) in [7, 11) is 1.62. The van der Waals surface area contributed by atoms with Crippen molar-refractivity contribution in [3.05, 3.63) is 0 Å². The van der Waals surface area contributed by atoms with Crippen molar-refractivity contribution in [3.8, 4) is 0 Å². The first-order valence-corrected chi connectivity index (χ1v) is 7.08. The molecular formula is C11H22N2O3S. The number of hydrogen-bond acceptors (Lipinski definition) is 4. The number of carbonyl (C=O) groups is 1. The molecule has 6 heteroatoms. The van der Waals surface area contributed by atoms with Gasteiger partial charge < -0.3 is 20.1 Å². The first kappa shape index (κ1) is 14.6. The number of hydrogen-bond donors (Lipinski definition) is 2. The molecule has 0 spiro atoms. The topological polar surface area (TPSA) is 59.6 Å². The maximum atomic E-state index is 11.3. The Bertz CT molecular complexity index is 211. The van der Waals surface area contributed by atoms with Crippen molar-refractivity contribution in [1.29, 1.82) is 0 Å². The predicted octanol–water partition coefficient (Wildman–Crippen LogP) is 0.844.